The van der Waals surface area contributed by atoms with Gasteiger partial charge in [0.2, 0.25) is 5.82 Å². The summed E-state index contributed by atoms with van der Waals surface area (Å²) in [6.07, 6.45) is 0. The molecule has 3 N–H and O–H groups in total. The molecule has 0 aliphatic heterocycles. The molecule has 0 saturated carbocycles. The van der Waals surface area contributed by atoms with Crippen molar-refractivity contribution in [2.45, 2.75) is 6.54 Å². The lowest BCUT2D eigenvalue weighted by molar-refractivity contribution is 0.0696. The lowest BCUT2D eigenvalue weighted by Gasteiger charge is -2.11. The Kier molecular flexibility index (Phi) is 6.53. The number of benzene rings is 3. The number of thiophene rings is 1. The highest BCUT2D eigenvalue weighted by Crippen LogP contribution is 2.38. The number of H-pyrrole nitrogens is 1. The van der Waals surface area contributed by atoms with Crippen LogP contribution in [0.4, 0.5) is 0 Å². The van der Waals surface area contributed by atoms with Gasteiger partial charge in [-0.2, -0.15) is 0 Å². The molecular weight excluding hydrogens is 490 g/mol. The van der Waals surface area contributed by atoms with Crippen LogP contribution in [0.1, 0.15) is 26.5 Å². The molecule has 184 valence electrons. The predicted octanol–water partition coefficient (Wildman–Crippen LogP) is 4.96. The van der Waals surface area contributed by atoms with E-state index in [9.17, 15) is 19.5 Å². The van der Waals surface area contributed by atoms with Crippen LogP contribution in [-0.2, 0) is 6.54 Å². The fraction of sp³-hybridized carbons (Fsp3) is 0.0714. The fourth-order valence-corrected chi connectivity index (χ4v) is 5.01. The number of methoxy groups -OCH3 is 1. The fourth-order valence-electron chi connectivity index (χ4n) is 4.07. The van der Waals surface area contributed by atoms with E-state index in [1.54, 1.807) is 30.7 Å². The number of rotatable bonds is 7. The summed E-state index contributed by atoms with van der Waals surface area (Å²) in [6, 6.07) is 21.6. The molecule has 0 aliphatic rings. The van der Waals surface area contributed by atoms with Crippen LogP contribution in [0.2, 0.25) is 0 Å². The van der Waals surface area contributed by atoms with Gasteiger partial charge in [0.1, 0.15) is 10.6 Å². The van der Waals surface area contributed by atoms with Crippen molar-refractivity contribution in [3.8, 4) is 28.0 Å². The van der Waals surface area contributed by atoms with E-state index in [0.717, 1.165) is 16.7 Å². The molecule has 2 heterocycles. The summed E-state index contributed by atoms with van der Waals surface area (Å²) in [7, 11) is 1.57. The number of aromatic nitrogens is 2. The highest BCUT2D eigenvalue weighted by Gasteiger charge is 2.20. The van der Waals surface area contributed by atoms with Gasteiger partial charge >= 0.3 is 5.97 Å². The number of hydrogen-bond acceptors (Lipinski definition) is 6. The number of nitrogens with zero attached hydrogens (tertiary/aromatic N) is 1. The van der Waals surface area contributed by atoms with Gasteiger partial charge in [0.15, 0.2) is 0 Å². The first-order valence-electron chi connectivity index (χ1n) is 11.3. The summed E-state index contributed by atoms with van der Waals surface area (Å²) in [4.78, 5) is 45.0. The van der Waals surface area contributed by atoms with Gasteiger partial charge in [-0.1, -0.05) is 48.5 Å². The first-order chi connectivity index (χ1) is 17.9. The van der Waals surface area contributed by atoms with Gasteiger partial charge < -0.3 is 20.1 Å². The Morgan fingerprint density at radius 1 is 1.00 bits per heavy atom. The number of amides is 1. The average molecular weight is 512 g/mol. The standard InChI is InChI=1S/C28H21N3O5S/c1-36-19-9-5-6-16(12-19)14-29-26(33)24-30-25(32)23-22(15-37-27(23)31-24)21-13-18(28(34)35)10-11-20(21)17-7-3-2-4-8-17/h2-13,15H,14H2,1H3,(H,29,33)(H,34,35)(H,30,31,32). The van der Waals surface area contributed by atoms with Crippen molar-refractivity contribution in [2.24, 2.45) is 0 Å². The number of hydrogen-bond donors (Lipinski definition) is 3. The number of carbonyl (C=O) groups is 2. The number of aromatic carboxylic acids is 1. The second-order valence-corrected chi connectivity index (χ2v) is 9.07. The largest absolute Gasteiger partial charge is 0.497 e. The van der Waals surface area contributed by atoms with Crippen LogP contribution in [0.15, 0.2) is 83.0 Å². The average Bonchev–Trinajstić information content (AvgIpc) is 3.36. The van der Waals surface area contributed by atoms with E-state index in [1.165, 1.54) is 17.4 Å². The van der Waals surface area contributed by atoms with Crippen molar-refractivity contribution >= 4 is 33.4 Å². The Hall–Kier alpha value is -4.76. The van der Waals surface area contributed by atoms with E-state index >= 15 is 0 Å². The van der Waals surface area contributed by atoms with Crippen molar-refractivity contribution in [3.63, 3.8) is 0 Å². The summed E-state index contributed by atoms with van der Waals surface area (Å²) in [5.74, 6) is -1.01. The van der Waals surface area contributed by atoms with Crippen LogP contribution in [0.25, 0.3) is 32.5 Å². The Morgan fingerprint density at radius 3 is 2.57 bits per heavy atom. The Labute approximate surface area is 215 Å². The van der Waals surface area contributed by atoms with Gasteiger partial charge in [0.05, 0.1) is 18.1 Å². The van der Waals surface area contributed by atoms with E-state index in [4.69, 9.17) is 4.74 Å². The van der Waals surface area contributed by atoms with Crippen molar-refractivity contribution in [1.82, 2.24) is 15.3 Å². The van der Waals surface area contributed by atoms with Crippen LogP contribution < -0.4 is 15.6 Å². The predicted molar refractivity (Wildman–Crippen MR) is 142 cm³/mol. The van der Waals surface area contributed by atoms with Gasteiger partial charge in [-0.05, 0) is 46.5 Å². The first kappa shape index (κ1) is 24.0. The van der Waals surface area contributed by atoms with E-state index in [0.29, 0.717) is 27.1 Å². The molecule has 5 aromatic rings. The number of carboxylic acid groups (broad SMARTS) is 1. The second-order valence-electron chi connectivity index (χ2n) is 8.21. The molecule has 0 saturated heterocycles. The summed E-state index contributed by atoms with van der Waals surface area (Å²) in [6.45, 7) is 0.232. The van der Waals surface area contributed by atoms with E-state index in [1.807, 2.05) is 48.5 Å². The normalized spacial score (nSPS) is 10.8. The summed E-state index contributed by atoms with van der Waals surface area (Å²) in [5, 5.41) is 14.4. The van der Waals surface area contributed by atoms with Crippen LogP contribution >= 0.6 is 11.3 Å². The Bertz CT molecular complexity index is 1690. The maximum absolute atomic E-state index is 13.2. The Balaban J connectivity index is 1.52. The summed E-state index contributed by atoms with van der Waals surface area (Å²) >= 11 is 1.22. The SMILES string of the molecule is COc1cccc(CNC(=O)c2nc3scc(-c4cc(C(=O)O)ccc4-c4ccccc4)c3c(=O)[nH]2)c1. The molecule has 9 heteroatoms. The van der Waals surface area contributed by atoms with Crippen LogP contribution in [-0.4, -0.2) is 34.1 Å². The molecule has 0 aliphatic carbocycles. The maximum atomic E-state index is 13.2. The summed E-state index contributed by atoms with van der Waals surface area (Å²) < 4.78 is 5.20. The van der Waals surface area contributed by atoms with E-state index in [2.05, 4.69) is 15.3 Å². The van der Waals surface area contributed by atoms with E-state index < -0.39 is 17.4 Å². The van der Waals surface area contributed by atoms with Crippen molar-refractivity contribution in [1.29, 1.82) is 0 Å². The molecule has 5 rings (SSSR count). The maximum Gasteiger partial charge on any atom is 0.335 e. The lowest BCUT2D eigenvalue weighted by atomic mass is 9.93. The van der Waals surface area contributed by atoms with Gasteiger partial charge in [0.25, 0.3) is 11.5 Å². The van der Waals surface area contributed by atoms with Crippen LogP contribution in [0, 0.1) is 0 Å². The molecule has 3 aromatic carbocycles. The first-order valence-corrected chi connectivity index (χ1v) is 12.2. The van der Waals surface area contributed by atoms with Gasteiger partial charge in [0, 0.05) is 17.5 Å². The third kappa shape index (κ3) is 4.85. The number of aromatic amines is 1. The smallest absolute Gasteiger partial charge is 0.335 e. The lowest BCUT2D eigenvalue weighted by Crippen LogP contribution is -2.27. The Morgan fingerprint density at radius 2 is 1.81 bits per heavy atom. The highest BCUT2D eigenvalue weighted by atomic mass is 32.1. The molecule has 0 unspecified atom stereocenters. The minimum Gasteiger partial charge on any atom is -0.497 e. The molecule has 0 atom stereocenters. The van der Waals surface area contributed by atoms with Gasteiger partial charge in [-0.3, -0.25) is 9.59 Å². The molecule has 37 heavy (non-hydrogen) atoms. The zero-order valence-electron chi connectivity index (χ0n) is 19.6. The molecule has 0 fully saturated rings. The monoisotopic (exact) mass is 511 g/mol. The minimum absolute atomic E-state index is 0.101. The number of fused-ring (bicyclic) bond motifs is 1. The van der Waals surface area contributed by atoms with Crippen LogP contribution in [0.5, 0.6) is 5.75 Å². The zero-order chi connectivity index (χ0) is 25.9. The third-order valence-electron chi connectivity index (χ3n) is 5.89. The number of nitrogens with one attached hydrogen (secondary N) is 2. The molecule has 8 nitrogen and oxygen atoms in total. The van der Waals surface area contributed by atoms with Gasteiger partial charge in [-0.15, -0.1) is 11.3 Å². The summed E-state index contributed by atoms with van der Waals surface area (Å²) in [5.41, 5.74) is 3.27. The molecule has 0 radical (unpaired) electrons. The quantitative estimate of drug-likeness (QED) is 0.284. The molecule has 1 amide bonds. The second kappa shape index (κ2) is 10.1. The number of ether oxygens (including phenoxy) is 1. The van der Waals surface area contributed by atoms with Gasteiger partial charge in [-0.25, -0.2) is 9.78 Å². The molecule has 0 spiro atoms. The molecular formula is C28H21N3O5S. The topological polar surface area (TPSA) is 121 Å². The van der Waals surface area contributed by atoms with Crippen molar-refractivity contribution in [2.75, 3.05) is 7.11 Å². The zero-order valence-corrected chi connectivity index (χ0v) is 20.5. The van der Waals surface area contributed by atoms with Crippen molar-refractivity contribution < 1.29 is 19.4 Å². The molecule has 2 aromatic heterocycles. The highest BCUT2D eigenvalue weighted by molar-refractivity contribution is 7.17. The minimum atomic E-state index is -1.07. The van der Waals surface area contributed by atoms with Crippen molar-refractivity contribution in [3.05, 3.63) is 105 Å². The number of carboxylic acids is 1. The van der Waals surface area contributed by atoms with E-state index in [-0.39, 0.29) is 17.9 Å². The third-order valence-corrected chi connectivity index (χ3v) is 6.76. The molecule has 0 bridgehead atoms. The van der Waals surface area contributed by atoms with Crippen LogP contribution in [0.3, 0.4) is 0 Å². The number of carbonyl (C=O) groups excluding carboxylic acids is 1.